The van der Waals surface area contributed by atoms with Gasteiger partial charge in [0.15, 0.2) is 0 Å². The number of anilines is 1. The molecule has 1 N–H and O–H groups in total. The molecule has 0 saturated carbocycles. The maximum absolute atomic E-state index is 5.68. The van der Waals surface area contributed by atoms with E-state index in [9.17, 15) is 0 Å². The van der Waals surface area contributed by atoms with E-state index in [0.717, 1.165) is 17.8 Å². The van der Waals surface area contributed by atoms with Gasteiger partial charge in [-0.25, -0.2) is 4.98 Å². The van der Waals surface area contributed by atoms with Crippen molar-refractivity contribution in [2.45, 2.75) is 6.54 Å². The zero-order valence-electron chi connectivity index (χ0n) is 8.31. The van der Waals surface area contributed by atoms with E-state index in [1.165, 1.54) is 0 Å². The molecule has 0 aliphatic rings. The number of pyridine rings is 1. The summed E-state index contributed by atoms with van der Waals surface area (Å²) < 4.78 is 1.77. The molecule has 0 aromatic carbocycles. The molecule has 0 bridgehead atoms. The first kappa shape index (κ1) is 9.98. The highest BCUT2D eigenvalue weighted by Crippen LogP contribution is 2.10. The molecule has 0 spiro atoms. The second-order valence-electron chi connectivity index (χ2n) is 3.25. The summed E-state index contributed by atoms with van der Waals surface area (Å²) in [7, 11) is 1.90. The molecule has 2 aromatic rings. The topological polar surface area (TPSA) is 42.7 Å². The first-order valence-electron chi connectivity index (χ1n) is 4.57. The van der Waals surface area contributed by atoms with Crippen LogP contribution in [0.2, 0.25) is 5.15 Å². The van der Waals surface area contributed by atoms with E-state index in [4.69, 9.17) is 11.6 Å². The van der Waals surface area contributed by atoms with Crippen LogP contribution < -0.4 is 5.32 Å². The average Bonchev–Trinajstić information content (AvgIpc) is 2.64. The van der Waals surface area contributed by atoms with Gasteiger partial charge in [0.05, 0.1) is 18.1 Å². The Morgan fingerprint density at radius 1 is 1.40 bits per heavy atom. The molecule has 0 saturated heterocycles. The third-order valence-electron chi connectivity index (χ3n) is 1.98. The van der Waals surface area contributed by atoms with Crippen molar-refractivity contribution in [3.05, 3.63) is 41.4 Å². The highest BCUT2D eigenvalue weighted by Gasteiger charge is 1.96. The van der Waals surface area contributed by atoms with Crippen LogP contribution in [-0.4, -0.2) is 14.8 Å². The molecule has 0 aliphatic heterocycles. The van der Waals surface area contributed by atoms with Gasteiger partial charge < -0.3 is 5.32 Å². The lowest BCUT2D eigenvalue weighted by atomic mass is 10.3. The highest BCUT2D eigenvalue weighted by molar-refractivity contribution is 6.29. The Hall–Kier alpha value is -1.55. The Morgan fingerprint density at radius 2 is 2.27 bits per heavy atom. The van der Waals surface area contributed by atoms with Crippen molar-refractivity contribution in [3.63, 3.8) is 0 Å². The van der Waals surface area contributed by atoms with Crippen LogP contribution in [0.5, 0.6) is 0 Å². The smallest absolute Gasteiger partial charge is 0.129 e. The summed E-state index contributed by atoms with van der Waals surface area (Å²) in [6.45, 7) is 0.733. The fraction of sp³-hybridized carbons (Fsp3) is 0.200. The molecule has 2 heterocycles. The number of nitrogens with zero attached hydrogens (tertiary/aromatic N) is 3. The van der Waals surface area contributed by atoms with Crippen LogP contribution in [0.3, 0.4) is 0 Å². The van der Waals surface area contributed by atoms with Crippen LogP contribution in [0.15, 0.2) is 30.7 Å². The molecule has 0 unspecified atom stereocenters. The summed E-state index contributed by atoms with van der Waals surface area (Å²) >= 11 is 5.68. The Balaban J connectivity index is 1.96. The van der Waals surface area contributed by atoms with E-state index in [2.05, 4.69) is 15.4 Å². The van der Waals surface area contributed by atoms with Gasteiger partial charge in [-0.1, -0.05) is 11.6 Å². The molecule has 0 aliphatic carbocycles. The maximum atomic E-state index is 5.68. The molecule has 0 atom stereocenters. The van der Waals surface area contributed by atoms with E-state index in [0.29, 0.717) is 5.15 Å². The van der Waals surface area contributed by atoms with Gasteiger partial charge in [-0.15, -0.1) is 0 Å². The van der Waals surface area contributed by atoms with Crippen molar-refractivity contribution in [3.8, 4) is 0 Å². The highest BCUT2D eigenvalue weighted by atomic mass is 35.5. The van der Waals surface area contributed by atoms with Crippen molar-refractivity contribution < 1.29 is 0 Å². The lowest BCUT2D eigenvalue weighted by Crippen LogP contribution is -1.98. The van der Waals surface area contributed by atoms with Gasteiger partial charge in [0.1, 0.15) is 5.15 Å². The summed E-state index contributed by atoms with van der Waals surface area (Å²) in [5.74, 6) is 0. The quantitative estimate of drug-likeness (QED) is 0.809. The number of nitrogens with one attached hydrogen (secondary N) is 1. The van der Waals surface area contributed by atoms with E-state index >= 15 is 0 Å². The van der Waals surface area contributed by atoms with Gasteiger partial charge >= 0.3 is 0 Å². The second kappa shape index (κ2) is 4.31. The lowest BCUT2D eigenvalue weighted by Gasteiger charge is -2.03. The van der Waals surface area contributed by atoms with Crippen molar-refractivity contribution in [1.82, 2.24) is 14.8 Å². The van der Waals surface area contributed by atoms with Crippen LogP contribution in [0.4, 0.5) is 5.69 Å². The zero-order chi connectivity index (χ0) is 10.7. The number of rotatable bonds is 3. The largest absolute Gasteiger partial charge is 0.380 e. The standard InChI is InChI=1S/C10H11ClN4/c1-15-7-8(5-14-15)4-12-9-2-3-10(11)13-6-9/h2-3,5-7,12H,4H2,1H3. The molecule has 5 heteroatoms. The molecule has 2 aromatic heterocycles. The molecular formula is C10H11ClN4. The Labute approximate surface area is 92.9 Å². The Bertz CT molecular complexity index is 435. The summed E-state index contributed by atoms with van der Waals surface area (Å²) in [6.07, 6.45) is 5.51. The van der Waals surface area contributed by atoms with Gasteiger partial charge in [-0.3, -0.25) is 4.68 Å². The monoisotopic (exact) mass is 222 g/mol. The van der Waals surface area contributed by atoms with Gasteiger partial charge in [0.2, 0.25) is 0 Å². The van der Waals surface area contributed by atoms with Gasteiger partial charge in [-0.2, -0.15) is 5.10 Å². The third kappa shape index (κ3) is 2.70. The van der Waals surface area contributed by atoms with Crippen molar-refractivity contribution in [2.24, 2.45) is 7.05 Å². The summed E-state index contributed by atoms with van der Waals surface area (Å²) in [4.78, 5) is 3.98. The Morgan fingerprint density at radius 3 is 2.87 bits per heavy atom. The molecular weight excluding hydrogens is 212 g/mol. The summed E-state index contributed by atoms with van der Waals surface area (Å²) in [5, 5.41) is 7.81. The molecule has 0 fully saturated rings. The van der Waals surface area contributed by atoms with E-state index in [-0.39, 0.29) is 0 Å². The van der Waals surface area contributed by atoms with Crippen LogP contribution in [0.25, 0.3) is 0 Å². The normalized spacial score (nSPS) is 10.3. The predicted octanol–water partition coefficient (Wildman–Crippen LogP) is 2.08. The fourth-order valence-corrected chi connectivity index (χ4v) is 1.36. The number of aromatic nitrogens is 3. The van der Waals surface area contributed by atoms with Crippen LogP contribution in [0, 0.1) is 0 Å². The second-order valence-corrected chi connectivity index (χ2v) is 3.63. The van der Waals surface area contributed by atoms with E-state index < -0.39 is 0 Å². The number of hydrogen-bond acceptors (Lipinski definition) is 3. The first-order chi connectivity index (χ1) is 7.24. The molecule has 4 nitrogen and oxygen atoms in total. The van der Waals surface area contributed by atoms with Crippen molar-refractivity contribution in [1.29, 1.82) is 0 Å². The zero-order valence-corrected chi connectivity index (χ0v) is 9.07. The molecule has 15 heavy (non-hydrogen) atoms. The fourth-order valence-electron chi connectivity index (χ4n) is 1.25. The van der Waals surface area contributed by atoms with Crippen LogP contribution >= 0.6 is 11.6 Å². The van der Waals surface area contributed by atoms with Crippen LogP contribution in [0.1, 0.15) is 5.56 Å². The van der Waals surface area contributed by atoms with Crippen molar-refractivity contribution >= 4 is 17.3 Å². The minimum Gasteiger partial charge on any atom is -0.380 e. The minimum atomic E-state index is 0.502. The summed E-state index contributed by atoms with van der Waals surface area (Å²) in [5.41, 5.74) is 2.08. The molecule has 2 rings (SSSR count). The van der Waals surface area contributed by atoms with Gasteiger partial charge in [0, 0.05) is 25.4 Å². The van der Waals surface area contributed by atoms with Gasteiger partial charge in [0.25, 0.3) is 0 Å². The lowest BCUT2D eigenvalue weighted by molar-refractivity contribution is 0.767. The molecule has 0 amide bonds. The predicted molar refractivity (Wildman–Crippen MR) is 59.8 cm³/mol. The number of halogens is 1. The maximum Gasteiger partial charge on any atom is 0.129 e. The number of hydrogen-bond donors (Lipinski definition) is 1. The van der Waals surface area contributed by atoms with Gasteiger partial charge in [-0.05, 0) is 12.1 Å². The van der Waals surface area contributed by atoms with Crippen LogP contribution in [-0.2, 0) is 13.6 Å². The molecule has 78 valence electrons. The number of aryl methyl sites for hydroxylation is 1. The van der Waals surface area contributed by atoms with Crippen molar-refractivity contribution in [2.75, 3.05) is 5.32 Å². The van der Waals surface area contributed by atoms with E-state index in [1.807, 2.05) is 25.5 Å². The molecule has 0 radical (unpaired) electrons. The Kier molecular flexibility index (Phi) is 2.87. The third-order valence-corrected chi connectivity index (χ3v) is 2.21. The SMILES string of the molecule is Cn1cc(CNc2ccc(Cl)nc2)cn1. The summed E-state index contributed by atoms with van der Waals surface area (Å²) in [6, 6.07) is 3.65. The minimum absolute atomic E-state index is 0.502. The average molecular weight is 223 g/mol. The first-order valence-corrected chi connectivity index (χ1v) is 4.95. The van der Waals surface area contributed by atoms with E-state index in [1.54, 1.807) is 16.9 Å².